The van der Waals surface area contributed by atoms with E-state index >= 15 is 0 Å². The molecular formula is C18H30NO2+. The lowest BCUT2D eigenvalue weighted by Crippen LogP contribution is -3.20. The minimum absolute atomic E-state index is 0.380. The minimum atomic E-state index is -0.399. The molecule has 0 aliphatic carbocycles. The Balaban J connectivity index is 1.83. The van der Waals surface area contributed by atoms with Crippen molar-refractivity contribution in [2.24, 2.45) is 0 Å². The smallest absolute Gasteiger partial charge is 0.137 e. The number of benzene rings is 1. The molecule has 4 atom stereocenters. The second-order valence-corrected chi connectivity index (χ2v) is 6.72. The standard InChI is InChI=1S/C18H29NO2/c1-13-8-9-18(10-14(13)2)21-12-17(20)11-19-15(3)6-5-7-16(19)4/h8-10,15-17,20H,5-7,11-12H2,1-4H3/p+1/t15-,16+,17-/m1/s1. The van der Waals surface area contributed by atoms with Crippen LogP contribution in [0.15, 0.2) is 18.2 Å². The SMILES string of the molecule is Cc1ccc(OC[C@H](O)C[NH+]2[C@H](C)CCC[C@@H]2C)cc1C. The maximum absolute atomic E-state index is 10.3. The van der Waals surface area contributed by atoms with E-state index in [2.05, 4.69) is 33.8 Å². The number of piperidine rings is 1. The number of ether oxygens (including phenoxy) is 1. The van der Waals surface area contributed by atoms with Crippen molar-refractivity contribution in [3.8, 4) is 5.75 Å². The van der Waals surface area contributed by atoms with Crippen LogP contribution in [0.25, 0.3) is 0 Å². The molecule has 0 radical (unpaired) electrons. The van der Waals surface area contributed by atoms with Gasteiger partial charge in [0.2, 0.25) is 0 Å². The second-order valence-electron chi connectivity index (χ2n) is 6.72. The Labute approximate surface area is 128 Å². The summed E-state index contributed by atoms with van der Waals surface area (Å²) in [5, 5.41) is 10.3. The minimum Gasteiger partial charge on any atom is -0.491 e. The predicted octanol–water partition coefficient (Wildman–Crippen LogP) is 1.89. The van der Waals surface area contributed by atoms with E-state index in [-0.39, 0.29) is 0 Å². The molecule has 118 valence electrons. The van der Waals surface area contributed by atoms with Crippen molar-refractivity contribution in [1.82, 2.24) is 0 Å². The van der Waals surface area contributed by atoms with E-state index < -0.39 is 6.10 Å². The molecule has 0 spiro atoms. The summed E-state index contributed by atoms with van der Waals surface area (Å²) >= 11 is 0. The summed E-state index contributed by atoms with van der Waals surface area (Å²) in [5.41, 5.74) is 2.49. The molecule has 0 aromatic heterocycles. The molecule has 1 heterocycles. The maximum atomic E-state index is 10.3. The molecule has 1 aliphatic heterocycles. The molecule has 2 rings (SSSR count). The summed E-state index contributed by atoms with van der Waals surface area (Å²) in [4.78, 5) is 1.53. The molecule has 1 aromatic carbocycles. The number of likely N-dealkylation sites (tertiary alicyclic amines) is 1. The Morgan fingerprint density at radius 2 is 1.86 bits per heavy atom. The summed E-state index contributed by atoms with van der Waals surface area (Å²) in [5.74, 6) is 0.854. The fourth-order valence-corrected chi connectivity index (χ4v) is 3.32. The van der Waals surface area contributed by atoms with Crippen LogP contribution in [-0.2, 0) is 0 Å². The van der Waals surface area contributed by atoms with Gasteiger partial charge in [-0.25, -0.2) is 0 Å². The van der Waals surface area contributed by atoms with Crippen molar-refractivity contribution < 1.29 is 14.7 Å². The van der Waals surface area contributed by atoms with E-state index in [9.17, 15) is 5.11 Å². The van der Waals surface area contributed by atoms with Crippen molar-refractivity contribution in [2.45, 2.75) is 65.1 Å². The number of aliphatic hydroxyl groups excluding tert-OH is 1. The fourth-order valence-electron chi connectivity index (χ4n) is 3.32. The van der Waals surface area contributed by atoms with Crippen molar-refractivity contribution in [2.75, 3.05) is 13.2 Å². The van der Waals surface area contributed by atoms with Gasteiger partial charge in [-0.05, 0) is 70.2 Å². The van der Waals surface area contributed by atoms with Crippen LogP contribution in [-0.4, -0.2) is 36.4 Å². The first-order valence-corrected chi connectivity index (χ1v) is 8.21. The second kappa shape index (κ2) is 7.28. The van der Waals surface area contributed by atoms with Crippen LogP contribution in [0.4, 0.5) is 0 Å². The zero-order valence-corrected chi connectivity index (χ0v) is 13.9. The zero-order valence-electron chi connectivity index (χ0n) is 13.9. The van der Waals surface area contributed by atoms with Gasteiger partial charge in [-0.1, -0.05) is 6.07 Å². The van der Waals surface area contributed by atoms with E-state index in [1.165, 1.54) is 35.3 Å². The number of quaternary nitrogens is 1. The van der Waals surface area contributed by atoms with Gasteiger partial charge in [-0.3, -0.25) is 0 Å². The number of aryl methyl sites for hydroxylation is 2. The Morgan fingerprint density at radius 1 is 1.19 bits per heavy atom. The average molecular weight is 292 g/mol. The lowest BCUT2D eigenvalue weighted by atomic mass is 9.97. The van der Waals surface area contributed by atoms with E-state index in [1.807, 2.05) is 12.1 Å². The van der Waals surface area contributed by atoms with Gasteiger partial charge in [0.05, 0.1) is 12.1 Å². The third kappa shape index (κ3) is 4.45. The van der Waals surface area contributed by atoms with Gasteiger partial charge in [0.1, 0.15) is 25.0 Å². The highest BCUT2D eigenvalue weighted by molar-refractivity contribution is 5.33. The Morgan fingerprint density at radius 3 is 2.48 bits per heavy atom. The molecular weight excluding hydrogens is 262 g/mol. The van der Waals surface area contributed by atoms with Crippen LogP contribution in [0.5, 0.6) is 5.75 Å². The van der Waals surface area contributed by atoms with E-state index in [1.54, 1.807) is 0 Å². The predicted molar refractivity (Wildman–Crippen MR) is 86.0 cm³/mol. The average Bonchev–Trinajstić information content (AvgIpc) is 2.44. The summed E-state index contributed by atoms with van der Waals surface area (Å²) in [6.45, 7) is 9.93. The van der Waals surface area contributed by atoms with Crippen LogP contribution in [0, 0.1) is 13.8 Å². The molecule has 1 fully saturated rings. The van der Waals surface area contributed by atoms with Gasteiger partial charge in [-0.15, -0.1) is 0 Å². The highest BCUT2D eigenvalue weighted by Gasteiger charge is 2.30. The lowest BCUT2D eigenvalue weighted by Gasteiger charge is -2.36. The van der Waals surface area contributed by atoms with Crippen molar-refractivity contribution in [3.05, 3.63) is 29.3 Å². The quantitative estimate of drug-likeness (QED) is 0.869. The first kappa shape index (κ1) is 16.3. The first-order chi connectivity index (χ1) is 9.97. The third-order valence-electron chi connectivity index (χ3n) is 4.93. The van der Waals surface area contributed by atoms with Gasteiger partial charge in [-0.2, -0.15) is 0 Å². The molecule has 1 aliphatic rings. The van der Waals surface area contributed by atoms with Crippen molar-refractivity contribution in [1.29, 1.82) is 0 Å². The Kier molecular flexibility index (Phi) is 5.65. The van der Waals surface area contributed by atoms with Gasteiger partial charge in [0.25, 0.3) is 0 Å². The molecule has 3 heteroatoms. The van der Waals surface area contributed by atoms with Gasteiger partial charge in [0.15, 0.2) is 0 Å². The number of hydrogen-bond acceptors (Lipinski definition) is 2. The molecule has 0 bridgehead atoms. The summed E-state index contributed by atoms with van der Waals surface area (Å²) < 4.78 is 5.75. The van der Waals surface area contributed by atoms with E-state index in [0.29, 0.717) is 18.7 Å². The highest BCUT2D eigenvalue weighted by Crippen LogP contribution is 2.16. The summed E-state index contributed by atoms with van der Waals surface area (Å²) in [6, 6.07) is 7.38. The summed E-state index contributed by atoms with van der Waals surface area (Å²) in [7, 11) is 0. The topological polar surface area (TPSA) is 33.9 Å². The van der Waals surface area contributed by atoms with Crippen LogP contribution in [0.2, 0.25) is 0 Å². The van der Waals surface area contributed by atoms with E-state index in [4.69, 9.17) is 4.74 Å². The molecule has 3 nitrogen and oxygen atoms in total. The molecule has 1 unspecified atom stereocenters. The van der Waals surface area contributed by atoms with Crippen LogP contribution >= 0.6 is 0 Å². The van der Waals surface area contributed by atoms with Gasteiger partial charge in [0, 0.05) is 0 Å². The molecule has 0 amide bonds. The van der Waals surface area contributed by atoms with E-state index in [0.717, 1.165) is 12.3 Å². The number of hydrogen-bond donors (Lipinski definition) is 2. The number of aliphatic hydroxyl groups is 1. The highest BCUT2D eigenvalue weighted by atomic mass is 16.5. The van der Waals surface area contributed by atoms with Gasteiger partial charge < -0.3 is 14.7 Å². The first-order valence-electron chi connectivity index (χ1n) is 8.21. The largest absolute Gasteiger partial charge is 0.491 e. The Bertz CT molecular complexity index is 451. The lowest BCUT2D eigenvalue weighted by molar-refractivity contribution is -0.954. The van der Waals surface area contributed by atoms with Crippen LogP contribution in [0.1, 0.15) is 44.2 Å². The monoisotopic (exact) mass is 292 g/mol. The number of nitrogens with one attached hydrogen (secondary N) is 1. The molecule has 0 saturated carbocycles. The Hall–Kier alpha value is -1.06. The number of rotatable bonds is 5. The normalized spacial score (nSPS) is 27.4. The molecule has 21 heavy (non-hydrogen) atoms. The third-order valence-corrected chi connectivity index (χ3v) is 4.93. The van der Waals surface area contributed by atoms with Crippen LogP contribution < -0.4 is 9.64 Å². The molecule has 2 N–H and O–H groups in total. The zero-order chi connectivity index (χ0) is 15.4. The van der Waals surface area contributed by atoms with Crippen LogP contribution in [0.3, 0.4) is 0 Å². The summed E-state index contributed by atoms with van der Waals surface area (Å²) in [6.07, 6.45) is 3.46. The van der Waals surface area contributed by atoms with Crippen molar-refractivity contribution >= 4 is 0 Å². The maximum Gasteiger partial charge on any atom is 0.137 e. The molecule has 1 saturated heterocycles. The fraction of sp³-hybridized carbons (Fsp3) is 0.667. The van der Waals surface area contributed by atoms with Gasteiger partial charge >= 0.3 is 0 Å². The van der Waals surface area contributed by atoms with Crippen molar-refractivity contribution in [3.63, 3.8) is 0 Å². The molecule has 1 aromatic rings.